The Labute approximate surface area is 203 Å². The number of fused-ring (bicyclic) bond motifs is 1. The summed E-state index contributed by atoms with van der Waals surface area (Å²) in [7, 11) is -2.72. The predicted molar refractivity (Wildman–Crippen MR) is 124 cm³/mol. The van der Waals surface area contributed by atoms with Crippen LogP contribution in [-0.4, -0.2) is 24.2 Å². The maximum Gasteiger partial charge on any atom is 0.416 e. The summed E-state index contributed by atoms with van der Waals surface area (Å²) in [5, 5.41) is 0.624. The number of pyridine rings is 2. The molecule has 0 aliphatic carbocycles. The number of halogens is 4. The fourth-order valence-corrected chi connectivity index (χ4v) is 5.12. The Balaban J connectivity index is 1.81. The molecule has 7 nitrogen and oxygen atoms in total. The van der Waals surface area contributed by atoms with Gasteiger partial charge in [0.25, 0.3) is 15.7 Å². The van der Waals surface area contributed by atoms with Gasteiger partial charge in [-0.3, -0.25) is 9.52 Å². The maximum absolute atomic E-state index is 13.6. The molecular weight excluding hydrogens is 505 g/mol. The highest BCUT2D eigenvalue weighted by molar-refractivity contribution is 7.92. The summed E-state index contributed by atoms with van der Waals surface area (Å²) < 4.78 is 70.0. The number of sulfonamides is 1. The Morgan fingerprint density at radius 1 is 1.14 bits per heavy atom. The van der Waals surface area contributed by atoms with Crippen LogP contribution in [0.15, 0.2) is 53.8 Å². The third-order valence-electron chi connectivity index (χ3n) is 5.49. The summed E-state index contributed by atoms with van der Waals surface area (Å²) in [5.74, 6) is -0.582. The molecule has 0 aliphatic heterocycles. The fourth-order valence-electron chi connectivity index (χ4n) is 3.88. The number of H-pyrrole nitrogens is 1. The van der Waals surface area contributed by atoms with Gasteiger partial charge in [-0.15, -0.1) is 0 Å². The van der Waals surface area contributed by atoms with Gasteiger partial charge < -0.3 is 0 Å². The van der Waals surface area contributed by atoms with Gasteiger partial charge in [-0.05, 0) is 43.7 Å². The molecule has 182 valence electrons. The molecule has 35 heavy (non-hydrogen) atoms. The molecule has 0 atom stereocenters. The summed E-state index contributed by atoms with van der Waals surface area (Å²) in [6, 6.07) is 5.56. The monoisotopic (exact) mass is 523 g/mol. The van der Waals surface area contributed by atoms with Crippen molar-refractivity contribution < 1.29 is 31.0 Å². The van der Waals surface area contributed by atoms with E-state index in [1.54, 1.807) is 37.0 Å². The minimum absolute atomic E-state index is 0.0297. The molecule has 3 aromatic heterocycles. The summed E-state index contributed by atoms with van der Waals surface area (Å²) >= 11 is 6.01. The number of rotatable bonds is 5. The predicted octanol–water partition coefficient (Wildman–Crippen LogP) is 4.71. The molecule has 0 amide bonds. The average Bonchev–Trinajstić information content (AvgIpc) is 3.23. The molecule has 0 saturated heterocycles. The normalized spacial score (nSPS) is 12.2. The fraction of sp³-hybridized carbons (Fsp3) is 0.174. The minimum atomic E-state index is -4.74. The third-order valence-corrected chi connectivity index (χ3v) is 7.06. The third kappa shape index (κ3) is 4.61. The second-order valence-electron chi connectivity index (χ2n) is 8.00. The van der Waals surface area contributed by atoms with E-state index >= 15 is 0 Å². The van der Waals surface area contributed by atoms with Crippen LogP contribution in [-0.2, 0) is 23.2 Å². The lowest BCUT2D eigenvalue weighted by molar-refractivity contribution is -0.647. The number of ketones is 1. The first kappa shape index (κ1) is 24.7. The zero-order chi connectivity index (χ0) is 25.7. The van der Waals surface area contributed by atoms with Gasteiger partial charge in [0.2, 0.25) is 5.78 Å². The topological polar surface area (TPSA) is 95.8 Å². The number of aryl methyl sites for hydroxylation is 3. The number of hydrogen-bond acceptors (Lipinski definition) is 4. The zero-order valence-electron chi connectivity index (χ0n) is 18.7. The van der Waals surface area contributed by atoms with E-state index in [1.807, 2.05) is 0 Å². The van der Waals surface area contributed by atoms with Gasteiger partial charge in [0.05, 0.1) is 46.0 Å². The number of benzene rings is 1. The summed E-state index contributed by atoms with van der Waals surface area (Å²) in [6.07, 6.45) is -0.156. The molecular formula is C23H19ClF3N4O3S+. The average molecular weight is 524 g/mol. The number of aromatic nitrogens is 3. The largest absolute Gasteiger partial charge is 0.416 e. The molecule has 2 N–H and O–H groups in total. The lowest BCUT2D eigenvalue weighted by atomic mass is 10.00. The first-order valence-electron chi connectivity index (χ1n) is 10.2. The Morgan fingerprint density at radius 2 is 1.86 bits per heavy atom. The molecule has 12 heteroatoms. The highest BCUT2D eigenvalue weighted by Gasteiger charge is 2.34. The Bertz CT molecular complexity index is 1600. The Morgan fingerprint density at radius 3 is 2.54 bits per heavy atom. The van der Waals surface area contributed by atoms with Crippen LogP contribution in [0.3, 0.4) is 0 Å². The molecule has 0 aliphatic rings. The SMILES string of the molecule is Cc1ccc(S(=O)(=O)Nc2cc(Cl)cnc2C(=O)c2c(C)c[n+](C)c3[nH]ccc23)cc1C(F)(F)F. The Hall–Kier alpha value is -3.44. The molecule has 0 radical (unpaired) electrons. The first-order valence-corrected chi connectivity index (χ1v) is 12.0. The lowest BCUT2D eigenvalue weighted by Gasteiger charge is -2.15. The van der Waals surface area contributed by atoms with Crippen molar-refractivity contribution in [1.29, 1.82) is 0 Å². The van der Waals surface area contributed by atoms with Crippen LogP contribution >= 0.6 is 11.6 Å². The number of nitrogens with one attached hydrogen (secondary N) is 2. The van der Waals surface area contributed by atoms with Gasteiger partial charge in [-0.2, -0.15) is 13.2 Å². The molecule has 0 fully saturated rings. The second-order valence-corrected chi connectivity index (χ2v) is 10.1. The highest BCUT2D eigenvalue weighted by Crippen LogP contribution is 2.34. The van der Waals surface area contributed by atoms with Crippen LogP contribution in [0.2, 0.25) is 5.02 Å². The number of carbonyl (C=O) groups excluding carboxylic acids is 1. The summed E-state index contributed by atoms with van der Waals surface area (Å²) in [4.78, 5) is 20.0. The molecule has 1 aromatic carbocycles. The number of anilines is 1. The molecule has 0 unspecified atom stereocenters. The van der Waals surface area contributed by atoms with Gasteiger partial charge in [-0.25, -0.2) is 23.0 Å². The maximum atomic E-state index is 13.6. The van der Waals surface area contributed by atoms with Crippen LogP contribution in [0.1, 0.15) is 32.7 Å². The number of nitrogens with zero attached hydrogens (tertiary/aromatic N) is 2. The van der Waals surface area contributed by atoms with E-state index in [1.165, 1.54) is 19.2 Å². The first-order chi connectivity index (χ1) is 16.3. The van der Waals surface area contributed by atoms with Crippen LogP contribution in [0.4, 0.5) is 18.9 Å². The van der Waals surface area contributed by atoms with Crippen LogP contribution < -0.4 is 9.29 Å². The standard InChI is InChI=1S/C23H18ClF3N4O3S/c1-12-4-5-15(9-17(12)23(25,26)27)35(33,34)30-18-8-14(24)10-29-20(18)21(32)19-13(2)11-31(3)22-16(19)6-7-28-22/h4-11H,1-3H3,(H,30,32)/p+1. The van der Waals surface area contributed by atoms with E-state index in [4.69, 9.17) is 11.6 Å². The molecule has 0 spiro atoms. The summed E-state index contributed by atoms with van der Waals surface area (Å²) in [5.41, 5.74) is -0.140. The molecule has 0 bridgehead atoms. The zero-order valence-corrected chi connectivity index (χ0v) is 20.2. The van der Waals surface area contributed by atoms with Crippen LogP contribution in [0, 0.1) is 13.8 Å². The number of carbonyl (C=O) groups is 1. The number of hydrogen-bond donors (Lipinski definition) is 2. The lowest BCUT2D eigenvalue weighted by Crippen LogP contribution is -2.30. The highest BCUT2D eigenvalue weighted by atomic mass is 35.5. The van der Waals surface area contributed by atoms with E-state index < -0.39 is 32.4 Å². The van der Waals surface area contributed by atoms with Crippen LogP contribution in [0.5, 0.6) is 0 Å². The summed E-state index contributed by atoms with van der Waals surface area (Å²) in [6.45, 7) is 2.96. The molecule has 4 rings (SSSR count). The molecule has 4 aromatic rings. The van der Waals surface area contributed by atoms with Crippen molar-refractivity contribution in [3.05, 3.63) is 81.9 Å². The van der Waals surface area contributed by atoms with E-state index in [0.29, 0.717) is 28.2 Å². The number of alkyl halides is 3. The smallest absolute Gasteiger partial charge is 0.287 e. The van der Waals surface area contributed by atoms with Crippen LogP contribution in [0.25, 0.3) is 11.0 Å². The quantitative estimate of drug-likeness (QED) is 0.292. The van der Waals surface area contributed by atoms with Gasteiger partial charge in [0.15, 0.2) is 0 Å². The van der Waals surface area contributed by atoms with Crippen molar-refractivity contribution in [2.24, 2.45) is 7.05 Å². The van der Waals surface area contributed by atoms with Crippen molar-refractivity contribution in [1.82, 2.24) is 9.97 Å². The van der Waals surface area contributed by atoms with Crippen molar-refractivity contribution in [3.8, 4) is 0 Å². The van der Waals surface area contributed by atoms with Gasteiger partial charge in [0.1, 0.15) is 5.69 Å². The van der Waals surface area contributed by atoms with E-state index in [9.17, 15) is 26.4 Å². The van der Waals surface area contributed by atoms with Gasteiger partial charge in [0, 0.05) is 17.3 Å². The van der Waals surface area contributed by atoms with E-state index in [0.717, 1.165) is 12.1 Å². The van der Waals surface area contributed by atoms with E-state index in [2.05, 4.69) is 14.7 Å². The Kier molecular flexibility index (Phi) is 6.10. The van der Waals surface area contributed by atoms with Crippen molar-refractivity contribution in [2.45, 2.75) is 24.9 Å². The van der Waals surface area contributed by atoms with E-state index in [-0.39, 0.29) is 22.0 Å². The number of aromatic amines is 1. The second kappa shape index (κ2) is 8.65. The van der Waals surface area contributed by atoms with Crippen molar-refractivity contribution >= 4 is 44.1 Å². The van der Waals surface area contributed by atoms with Gasteiger partial charge >= 0.3 is 6.18 Å². The minimum Gasteiger partial charge on any atom is -0.287 e. The van der Waals surface area contributed by atoms with Gasteiger partial charge in [-0.1, -0.05) is 17.7 Å². The molecule has 3 heterocycles. The molecule has 0 saturated carbocycles. The van der Waals surface area contributed by atoms with Crippen molar-refractivity contribution in [2.75, 3.05) is 4.72 Å². The van der Waals surface area contributed by atoms with Crippen molar-refractivity contribution in [3.63, 3.8) is 0 Å².